The van der Waals surface area contributed by atoms with Crippen LogP contribution in [-0.2, 0) is 0 Å². The van der Waals surface area contributed by atoms with Crippen LogP contribution < -0.4 is 10.6 Å². The first-order chi connectivity index (χ1) is 11.5. The molecule has 0 saturated heterocycles. The number of rotatable bonds is 4. The van der Waals surface area contributed by atoms with Crippen LogP contribution in [-0.4, -0.2) is 21.3 Å². The minimum Gasteiger partial charge on any atom is -0.360 e. The number of carbonyl (C=O) groups is 1. The Hall–Kier alpha value is -2.74. The number of nitrogens with one attached hydrogen (secondary N) is 2. The van der Waals surface area contributed by atoms with Gasteiger partial charge >= 0.3 is 0 Å². The van der Waals surface area contributed by atoms with Crippen molar-refractivity contribution in [2.45, 2.75) is 13.8 Å². The fourth-order valence-corrected chi connectivity index (χ4v) is 2.24. The topological polar surface area (TPSA) is 92.9 Å². The molecule has 0 fully saturated rings. The lowest BCUT2D eigenvalue weighted by atomic mass is 10.2. The summed E-state index contributed by atoms with van der Waals surface area (Å²) in [4.78, 5) is 12.2. The van der Waals surface area contributed by atoms with Crippen molar-refractivity contribution in [3.05, 3.63) is 57.9 Å². The average molecular weight is 388 g/mol. The molecule has 2 heterocycles. The molecule has 2 N–H and O–H groups in total. The molecule has 0 aliphatic carbocycles. The lowest BCUT2D eigenvalue weighted by molar-refractivity contribution is 0.102. The predicted octanol–water partition coefficient (Wildman–Crippen LogP) is 3.84. The van der Waals surface area contributed by atoms with Crippen LogP contribution in [0.5, 0.6) is 0 Å². The summed E-state index contributed by atoms with van der Waals surface area (Å²) in [5.74, 6) is 1.36. The number of hydrogen-bond donors (Lipinski definition) is 2. The number of halogens is 1. The third-order valence-electron chi connectivity index (χ3n) is 3.20. The zero-order valence-corrected chi connectivity index (χ0v) is 14.6. The fraction of sp³-hybridized carbons (Fsp3) is 0.125. The Labute approximate surface area is 146 Å². The van der Waals surface area contributed by atoms with Crippen LogP contribution in [0.3, 0.4) is 0 Å². The van der Waals surface area contributed by atoms with Gasteiger partial charge in [-0.05, 0) is 49.7 Å². The summed E-state index contributed by atoms with van der Waals surface area (Å²) in [6.45, 7) is 3.74. The lowest BCUT2D eigenvalue weighted by Crippen LogP contribution is -2.14. The number of aryl methyl sites for hydroxylation is 2. The summed E-state index contributed by atoms with van der Waals surface area (Å²) in [6, 6.07) is 10.5. The van der Waals surface area contributed by atoms with Crippen molar-refractivity contribution in [1.29, 1.82) is 0 Å². The smallest absolute Gasteiger partial charge is 0.276 e. The van der Waals surface area contributed by atoms with Crippen molar-refractivity contribution < 1.29 is 9.32 Å². The van der Waals surface area contributed by atoms with Gasteiger partial charge < -0.3 is 15.2 Å². The summed E-state index contributed by atoms with van der Waals surface area (Å²) in [5.41, 5.74) is 1.95. The highest BCUT2D eigenvalue weighted by Gasteiger charge is 2.10. The quantitative estimate of drug-likeness (QED) is 0.706. The Kier molecular flexibility index (Phi) is 4.57. The Morgan fingerprint density at radius 1 is 1.08 bits per heavy atom. The molecule has 24 heavy (non-hydrogen) atoms. The molecular formula is C16H14BrN5O2. The van der Waals surface area contributed by atoms with Crippen molar-refractivity contribution in [1.82, 2.24) is 15.4 Å². The van der Waals surface area contributed by atoms with Gasteiger partial charge in [0.25, 0.3) is 5.91 Å². The Balaban J connectivity index is 1.68. The summed E-state index contributed by atoms with van der Waals surface area (Å²) >= 11 is 3.42. The van der Waals surface area contributed by atoms with Gasteiger partial charge in [0.15, 0.2) is 17.3 Å². The van der Waals surface area contributed by atoms with E-state index in [2.05, 4.69) is 41.9 Å². The highest BCUT2D eigenvalue weighted by Crippen LogP contribution is 2.20. The molecule has 0 bridgehead atoms. The van der Waals surface area contributed by atoms with Crippen LogP contribution in [0, 0.1) is 13.8 Å². The van der Waals surface area contributed by atoms with Crippen molar-refractivity contribution in [3.8, 4) is 0 Å². The monoisotopic (exact) mass is 387 g/mol. The molecule has 0 unspecified atom stereocenters. The largest absolute Gasteiger partial charge is 0.360 e. The molecule has 122 valence electrons. The van der Waals surface area contributed by atoms with E-state index in [4.69, 9.17) is 4.52 Å². The second-order valence-corrected chi connectivity index (χ2v) is 6.02. The maximum atomic E-state index is 12.2. The molecule has 7 nitrogen and oxygen atoms in total. The Morgan fingerprint density at radius 3 is 2.54 bits per heavy atom. The first-order valence-electron chi connectivity index (χ1n) is 7.13. The highest BCUT2D eigenvalue weighted by atomic mass is 79.9. The number of nitrogens with zero attached hydrogens (tertiary/aromatic N) is 3. The van der Waals surface area contributed by atoms with Crippen LogP contribution in [0.4, 0.5) is 17.3 Å². The average Bonchev–Trinajstić information content (AvgIpc) is 2.96. The molecular weight excluding hydrogens is 374 g/mol. The van der Waals surface area contributed by atoms with E-state index in [1.807, 2.05) is 25.1 Å². The summed E-state index contributed by atoms with van der Waals surface area (Å²) in [6.07, 6.45) is 0. The Bertz CT molecular complexity index is 876. The second-order valence-electron chi connectivity index (χ2n) is 5.17. The van der Waals surface area contributed by atoms with Crippen LogP contribution in [0.25, 0.3) is 0 Å². The highest BCUT2D eigenvalue weighted by molar-refractivity contribution is 9.10. The first-order valence-corrected chi connectivity index (χ1v) is 7.92. The van der Waals surface area contributed by atoms with Gasteiger partial charge in [0.1, 0.15) is 5.76 Å². The molecule has 1 amide bonds. The first kappa shape index (κ1) is 16.1. The van der Waals surface area contributed by atoms with Gasteiger partial charge in [-0.1, -0.05) is 21.1 Å². The van der Waals surface area contributed by atoms with E-state index in [9.17, 15) is 4.79 Å². The molecule has 0 spiro atoms. The molecule has 0 radical (unpaired) electrons. The van der Waals surface area contributed by atoms with E-state index in [0.29, 0.717) is 23.1 Å². The third kappa shape index (κ3) is 3.77. The van der Waals surface area contributed by atoms with Crippen LogP contribution >= 0.6 is 15.9 Å². The van der Waals surface area contributed by atoms with Crippen LogP contribution in [0.1, 0.15) is 21.8 Å². The molecule has 3 aromatic rings. The van der Waals surface area contributed by atoms with Gasteiger partial charge in [0, 0.05) is 16.2 Å². The summed E-state index contributed by atoms with van der Waals surface area (Å²) in [7, 11) is 0. The molecule has 0 atom stereocenters. The normalized spacial score (nSPS) is 10.5. The van der Waals surface area contributed by atoms with Crippen molar-refractivity contribution >= 4 is 39.2 Å². The predicted molar refractivity (Wildman–Crippen MR) is 93.4 cm³/mol. The van der Waals surface area contributed by atoms with Gasteiger partial charge in [-0.25, -0.2) is 0 Å². The number of carbonyl (C=O) groups excluding carboxylic acids is 1. The summed E-state index contributed by atoms with van der Waals surface area (Å²) < 4.78 is 5.94. The van der Waals surface area contributed by atoms with E-state index in [1.165, 1.54) is 0 Å². The van der Waals surface area contributed by atoms with Gasteiger partial charge in [-0.3, -0.25) is 4.79 Å². The Morgan fingerprint density at radius 2 is 1.92 bits per heavy atom. The molecule has 8 heteroatoms. The number of amides is 1. The fourth-order valence-electron chi connectivity index (χ4n) is 1.99. The van der Waals surface area contributed by atoms with Crippen molar-refractivity contribution in [3.63, 3.8) is 0 Å². The van der Waals surface area contributed by atoms with Gasteiger partial charge in [-0.15, -0.1) is 10.2 Å². The van der Waals surface area contributed by atoms with Crippen LogP contribution in [0.2, 0.25) is 0 Å². The van der Waals surface area contributed by atoms with E-state index < -0.39 is 0 Å². The number of anilines is 3. The van der Waals surface area contributed by atoms with E-state index in [-0.39, 0.29) is 11.6 Å². The maximum Gasteiger partial charge on any atom is 0.276 e. The number of hydrogen-bond acceptors (Lipinski definition) is 6. The van der Waals surface area contributed by atoms with Gasteiger partial charge in [0.2, 0.25) is 0 Å². The molecule has 0 saturated carbocycles. The number of benzene rings is 1. The number of aromatic nitrogens is 3. The second kappa shape index (κ2) is 6.79. The van der Waals surface area contributed by atoms with E-state index in [1.54, 1.807) is 25.1 Å². The van der Waals surface area contributed by atoms with Crippen LogP contribution in [0.15, 0.2) is 45.4 Å². The molecule has 1 aromatic carbocycles. The third-order valence-corrected chi connectivity index (χ3v) is 4.09. The lowest BCUT2D eigenvalue weighted by Gasteiger charge is -2.07. The standard InChI is InChI=1S/C16H14BrN5O2/c1-9-7-11(3-4-12(9)17)18-16(23)13-5-6-14(21-20-13)19-15-8-10(2)24-22-15/h3-8H,1-2H3,(H,18,23)(H,19,21,22). The minimum atomic E-state index is -0.326. The maximum absolute atomic E-state index is 12.2. The molecule has 0 aliphatic heterocycles. The van der Waals surface area contributed by atoms with E-state index >= 15 is 0 Å². The van der Waals surface area contributed by atoms with Crippen molar-refractivity contribution in [2.75, 3.05) is 10.6 Å². The summed E-state index contributed by atoms with van der Waals surface area (Å²) in [5, 5.41) is 17.4. The van der Waals surface area contributed by atoms with E-state index in [0.717, 1.165) is 10.0 Å². The van der Waals surface area contributed by atoms with Gasteiger partial charge in [0.05, 0.1) is 0 Å². The molecule has 2 aromatic heterocycles. The zero-order chi connectivity index (χ0) is 17.1. The molecule has 3 rings (SSSR count). The minimum absolute atomic E-state index is 0.220. The van der Waals surface area contributed by atoms with Gasteiger partial charge in [-0.2, -0.15) is 0 Å². The molecule has 0 aliphatic rings. The SMILES string of the molecule is Cc1cc(Nc2ccc(C(=O)Nc3ccc(Br)c(C)c3)nn2)no1. The zero-order valence-electron chi connectivity index (χ0n) is 13.0. The van der Waals surface area contributed by atoms with Crippen molar-refractivity contribution in [2.24, 2.45) is 0 Å².